The number of azo groups is 1. The molecular weight excluding hydrogens is 306 g/mol. The number of anilines is 1. The van der Waals surface area contributed by atoms with Crippen molar-refractivity contribution in [2.45, 2.75) is 6.92 Å². The molecule has 0 bridgehead atoms. The number of aromatic amines is 1. The van der Waals surface area contributed by atoms with Gasteiger partial charge in [-0.15, -0.1) is 5.11 Å². The summed E-state index contributed by atoms with van der Waals surface area (Å²) in [5, 5.41) is 24.0. The number of rotatable bonds is 4. The molecule has 0 fully saturated rings. The highest BCUT2D eigenvalue weighted by Crippen LogP contribution is 2.34. The largest absolute Gasteiger partial charge is 0.478 e. The maximum atomic E-state index is 10.8. The Labute approximate surface area is 137 Å². The summed E-state index contributed by atoms with van der Waals surface area (Å²) in [7, 11) is 0. The van der Waals surface area contributed by atoms with Crippen LogP contribution in [0.15, 0.2) is 58.8 Å². The summed E-state index contributed by atoms with van der Waals surface area (Å²) in [6, 6.07) is 14.0. The standard InChI is InChI=1S/C17H15N5O2/c1-10-2-4-11(5-3-10)14-15(16(18)22-20-14)21-19-13-8-6-12(7-9-13)17(23)24/h2-9H,1H3,(H,23,24)(H3,18,20,22). The number of benzene rings is 2. The van der Waals surface area contributed by atoms with Crippen LogP contribution in [0, 0.1) is 6.92 Å². The zero-order chi connectivity index (χ0) is 17.1. The number of hydrogen-bond donors (Lipinski definition) is 3. The predicted octanol–water partition coefficient (Wildman–Crippen LogP) is 4.08. The van der Waals surface area contributed by atoms with Crippen molar-refractivity contribution in [3.8, 4) is 11.3 Å². The third-order valence-electron chi connectivity index (χ3n) is 3.49. The van der Waals surface area contributed by atoms with Gasteiger partial charge >= 0.3 is 5.97 Å². The fraction of sp³-hybridized carbons (Fsp3) is 0.0588. The van der Waals surface area contributed by atoms with E-state index in [0.717, 1.165) is 11.1 Å². The smallest absolute Gasteiger partial charge is 0.335 e. The Hall–Kier alpha value is -3.48. The molecule has 120 valence electrons. The average molecular weight is 321 g/mol. The topological polar surface area (TPSA) is 117 Å². The lowest BCUT2D eigenvalue weighted by Crippen LogP contribution is -1.93. The van der Waals surface area contributed by atoms with Crippen molar-refractivity contribution in [2.75, 3.05) is 5.73 Å². The Morgan fingerprint density at radius 2 is 1.75 bits per heavy atom. The van der Waals surface area contributed by atoms with Crippen LogP contribution in [0.25, 0.3) is 11.3 Å². The number of aromatic nitrogens is 2. The molecule has 3 aromatic rings. The van der Waals surface area contributed by atoms with Gasteiger partial charge in [-0.2, -0.15) is 10.2 Å². The second-order valence-electron chi connectivity index (χ2n) is 5.25. The van der Waals surface area contributed by atoms with E-state index in [1.807, 2.05) is 31.2 Å². The number of nitrogens with two attached hydrogens (primary N) is 1. The van der Waals surface area contributed by atoms with E-state index in [2.05, 4.69) is 20.4 Å². The zero-order valence-electron chi connectivity index (χ0n) is 12.9. The normalized spacial score (nSPS) is 11.0. The van der Waals surface area contributed by atoms with E-state index in [1.165, 1.54) is 12.1 Å². The maximum absolute atomic E-state index is 10.8. The molecule has 0 aliphatic heterocycles. The second-order valence-corrected chi connectivity index (χ2v) is 5.25. The van der Waals surface area contributed by atoms with E-state index in [-0.39, 0.29) is 11.4 Å². The quantitative estimate of drug-likeness (QED) is 0.627. The van der Waals surface area contributed by atoms with E-state index in [4.69, 9.17) is 10.8 Å². The van der Waals surface area contributed by atoms with E-state index >= 15 is 0 Å². The molecule has 0 aliphatic rings. The molecule has 3 rings (SSSR count). The number of carbonyl (C=O) groups is 1. The zero-order valence-corrected chi connectivity index (χ0v) is 12.9. The number of carboxylic acid groups (broad SMARTS) is 1. The summed E-state index contributed by atoms with van der Waals surface area (Å²) in [4.78, 5) is 10.8. The first-order chi connectivity index (χ1) is 11.5. The molecule has 0 saturated carbocycles. The molecule has 0 radical (unpaired) electrons. The summed E-state index contributed by atoms with van der Waals surface area (Å²) >= 11 is 0. The Balaban J connectivity index is 1.91. The predicted molar refractivity (Wildman–Crippen MR) is 90.8 cm³/mol. The van der Waals surface area contributed by atoms with E-state index in [9.17, 15) is 4.79 Å². The van der Waals surface area contributed by atoms with Gasteiger partial charge in [-0.25, -0.2) is 4.79 Å². The minimum absolute atomic E-state index is 0.192. The molecular formula is C17H15N5O2. The maximum Gasteiger partial charge on any atom is 0.335 e. The minimum Gasteiger partial charge on any atom is -0.478 e. The van der Waals surface area contributed by atoms with Gasteiger partial charge in [-0.1, -0.05) is 29.8 Å². The first kappa shape index (κ1) is 15.4. The molecule has 0 atom stereocenters. The lowest BCUT2D eigenvalue weighted by Gasteiger charge is -2.00. The molecule has 7 heteroatoms. The van der Waals surface area contributed by atoms with Crippen LogP contribution in [0.4, 0.5) is 17.2 Å². The van der Waals surface area contributed by atoms with E-state index < -0.39 is 5.97 Å². The number of hydrogen-bond acceptors (Lipinski definition) is 5. The number of H-pyrrole nitrogens is 1. The molecule has 0 saturated heterocycles. The molecule has 24 heavy (non-hydrogen) atoms. The Bertz CT molecular complexity index is 896. The number of nitrogens with zero attached hydrogens (tertiary/aromatic N) is 3. The van der Waals surface area contributed by atoms with Crippen LogP contribution in [0.1, 0.15) is 15.9 Å². The fourth-order valence-electron chi connectivity index (χ4n) is 2.15. The number of aryl methyl sites for hydroxylation is 1. The highest BCUT2D eigenvalue weighted by molar-refractivity contribution is 5.87. The molecule has 2 aromatic carbocycles. The van der Waals surface area contributed by atoms with Gasteiger partial charge in [0.2, 0.25) is 0 Å². The molecule has 4 N–H and O–H groups in total. The van der Waals surface area contributed by atoms with Crippen molar-refractivity contribution in [1.29, 1.82) is 0 Å². The van der Waals surface area contributed by atoms with Gasteiger partial charge in [-0.05, 0) is 31.2 Å². The number of aromatic carboxylic acids is 1. The first-order valence-electron chi connectivity index (χ1n) is 7.20. The van der Waals surface area contributed by atoms with Crippen LogP contribution in [-0.2, 0) is 0 Å². The molecule has 1 aromatic heterocycles. The third kappa shape index (κ3) is 3.14. The molecule has 0 aliphatic carbocycles. The van der Waals surface area contributed by atoms with Gasteiger partial charge in [0.15, 0.2) is 11.5 Å². The van der Waals surface area contributed by atoms with Gasteiger partial charge in [0, 0.05) is 5.56 Å². The second kappa shape index (κ2) is 6.33. The van der Waals surface area contributed by atoms with Gasteiger partial charge < -0.3 is 10.8 Å². The molecule has 0 spiro atoms. The van der Waals surface area contributed by atoms with E-state index in [0.29, 0.717) is 17.1 Å². The van der Waals surface area contributed by atoms with Crippen LogP contribution < -0.4 is 5.73 Å². The van der Waals surface area contributed by atoms with Gasteiger partial charge in [0.25, 0.3) is 0 Å². The highest BCUT2D eigenvalue weighted by atomic mass is 16.4. The van der Waals surface area contributed by atoms with Crippen LogP contribution >= 0.6 is 0 Å². The molecule has 1 heterocycles. The first-order valence-corrected chi connectivity index (χ1v) is 7.20. The lowest BCUT2D eigenvalue weighted by atomic mass is 10.1. The van der Waals surface area contributed by atoms with Crippen LogP contribution in [0.5, 0.6) is 0 Å². The average Bonchev–Trinajstić information content (AvgIpc) is 2.95. The number of carboxylic acids is 1. The van der Waals surface area contributed by atoms with E-state index in [1.54, 1.807) is 12.1 Å². The van der Waals surface area contributed by atoms with Gasteiger partial charge in [0.1, 0.15) is 0 Å². The Morgan fingerprint density at radius 3 is 2.38 bits per heavy atom. The van der Waals surface area contributed by atoms with Gasteiger partial charge in [-0.3, -0.25) is 5.10 Å². The fourth-order valence-corrected chi connectivity index (χ4v) is 2.15. The van der Waals surface area contributed by atoms with Gasteiger partial charge in [0.05, 0.1) is 16.9 Å². The van der Waals surface area contributed by atoms with Crippen LogP contribution in [-0.4, -0.2) is 21.3 Å². The molecule has 0 amide bonds. The summed E-state index contributed by atoms with van der Waals surface area (Å²) < 4.78 is 0. The number of nitrogens with one attached hydrogen (secondary N) is 1. The van der Waals surface area contributed by atoms with Crippen molar-refractivity contribution < 1.29 is 9.90 Å². The van der Waals surface area contributed by atoms with Crippen LogP contribution in [0.3, 0.4) is 0 Å². The molecule has 0 unspecified atom stereocenters. The summed E-state index contributed by atoms with van der Waals surface area (Å²) in [6.45, 7) is 2.01. The third-order valence-corrected chi connectivity index (χ3v) is 3.49. The van der Waals surface area contributed by atoms with Crippen molar-refractivity contribution >= 4 is 23.2 Å². The summed E-state index contributed by atoms with van der Waals surface area (Å²) in [5.41, 5.74) is 9.75. The van der Waals surface area contributed by atoms with Crippen LogP contribution in [0.2, 0.25) is 0 Å². The van der Waals surface area contributed by atoms with Crippen molar-refractivity contribution in [3.63, 3.8) is 0 Å². The van der Waals surface area contributed by atoms with Crippen molar-refractivity contribution in [1.82, 2.24) is 10.2 Å². The monoisotopic (exact) mass is 321 g/mol. The highest BCUT2D eigenvalue weighted by Gasteiger charge is 2.12. The lowest BCUT2D eigenvalue weighted by molar-refractivity contribution is 0.0697. The minimum atomic E-state index is -0.987. The number of nitrogen functional groups attached to an aromatic ring is 1. The van der Waals surface area contributed by atoms with Crippen molar-refractivity contribution in [3.05, 3.63) is 59.7 Å². The Kier molecular flexibility index (Phi) is 4.07. The molecule has 7 nitrogen and oxygen atoms in total. The summed E-state index contributed by atoms with van der Waals surface area (Å²) in [5.74, 6) is -0.740. The Morgan fingerprint density at radius 1 is 1.08 bits per heavy atom. The SMILES string of the molecule is Cc1ccc(-c2[nH]nc(N)c2N=Nc2ccc(C(=O)O)cc2)cc1. The summed E-state index contributed by atoms with van der Waals surface area (Å²) in [6.07, 6.45) is 0. The van der Waals surface area contributed by atoms with Crippen molar-refractivity contribution in [2.24, 2.45) is 10.2 Å².